The van der Waals surface area contributed by atoms with Crippen molar-refractivity contribution in [3.05, 3.63) is 105 Å². The molecule has 0 saturated heterocycles. The molecule has 0 radical (unpaired) electrons. The number of nitrogens with zero attached hydrogens (tertiary/aromatic N) is 5. The highest BCUT2D eigenvalue weighted by atomic mass is 19.4. The largest absolute Gasteiger partial charge is 0.435 e. The number of hydrogen-bond acceptors (Lipinski definition) is 6. The van der Waals surface area contributed by atoms with Crippen LogP contribution in [0.25, 0.3) is 16.8 Å². The molecule has 51 heavy (non-hydrogen) atoms. The lowest BCUT2D eigenvalue weighted by Gasteiger charge is -2.23. The fourth-order valence-electron chi connectivity index (χ4n) is 6.49. The van der Waals surface area contributed by atoms with Crippen molar-refractivity contribution in [1.82, 2.24) is 34.7 Å². The lowest BCUT2D eigenvalue weighted by Crippen LogP contribution is -2.35. The van der Waals surface area contributed by atoms with Crippen LogP contribution in [0.5, 0.6) is 0 Å². The molecule has 0 bridgehead atoms. The average Bonchev–Trinajstić information content (AvgIpc) is 3.54. The number of H-pyrrole nitrogens is 1. The lowest BCUT2D eigenvalue weighted by atomic mass is 9.95. The number of aromatic amines is 1. The van der Waals surface area contributed by atoms with E-state index in [9.17, 15) is 36.6 Å². The number of benzene rings is 1. The van der Waals surface area contributed by atoms with Crippen molar-refractivity contribution >= 4 is 11.6 Å². The molecule has 3 atom stereocenters. The molecule has 1 saturated carbocycles. The zero-order chi connectivity index (χ0) is 36.6. The number of rotatable bonds is 7. The van der Waals surface area contributed by atoms with Crippen LogP contribution >= 0.6 is 0 Å². The van der Waals surface area contributed by atoms with E-state index in [4.69, 9.17) is 0 Å². The average molecular weight is 714 g/mol. The Balaban J connectivity index is 1.33. The van der Waals surface area contributed by atoms with E-state index >= 15 is 8.78 Å². The number of hydrogen-bond donors (Lipinski definition) is 3. The number of aliphatic hydroxyl groups is 1. The summed E-state index contributed by atoms with van der Waals surface area (Å²) in [5, 5.41) is 22.4. The van der Waals surface area contributed by atoms with Gasteiger partial charge in [-0.15, -0.1) is 0 Å². The molecule has 2 aliphatic carbocycles. The molecule has 3 N–H and O–H groups in total. The quantitative estimate of drug-likeness (QED) is 0.161. The van der Waals surface area contributed by atoms with Crippen LogP contribution < -0.4 is 11.0 Å². The van der Waals surface area contributed by atoms with Crippen molar-refractivity contribution in [3.8, 4) is 23.0 Å². The minimum absolute atomic E-state index is 0.0275. The standard InChI is InChI=1S/C34H26F7N7O3/c1-32(2,51)8-7-20-4-5-21(17-3-6-25-44-45-31(50)47(25)14-17)28(42-20)24(11-16-9-18(35)12-19(36)10-16)43-26(49)15-48-30-27(29(46-48)34(39,40)41)22-13-23(22)33(30,37)38/h3-6,9-10,12,14,22-24,51H,11,13,15H2,1-2H3,(H,43,49)(H,45,50). The van der Waals surface area contributed by atoms with Crippen LogP contribution in [0.2, 0.25) is 0 Å². The van der Waals surface area contributed by atoms with Crippen molar-refractivity contribution in [2.75, 3.05) is 0 Å². The first-order chi connectivity index (χ1) is 23.9. The van der Waals surface area contributed by atoms with Crippen molar-refractivity contribution in [2.45, 2.75) is 62.9 Å². The van der Waals surface area contributed by atoms with Crippen LogP contribution in [0, 0.1) is 29.4 Å². The van der Waals surface area contributed by atoms with E-state index in [2.05, 4.69) is 37.4 Å². The topological polar surface area (TPSA) is 130 Å². The van der Waals surface area contributed by atoms with Gasteiger partial charge in [-0.2, -0.15) is 32.1 Å². The molecule has 1 fully saturated rings. The van der Waals surface area contributed by atoms with Gasteiger partial charge in [-0.25, -0.2) is 28.1 Å². The summed E-state index contributed by atoms with van der Waals surface area (Å²) >= 11 is 0. The molecule has 1 aromatic carbocycles. The highest BCUT2D eigenvalue weighted by Crippen LogP contribution is 2.68. The number of alkyl halides is 5. The maximum absolute atomic E-state index is 15.2. The molecule has 264 valence electrons. The van der Waals surface area contributed by atoms with E-state index in [1.807, 2.05) is 0 Å². The summed E-state index contributed by atoms with van der Waals surface area (Å²) in [6, 6.07) is 7.44. The fourth-order valence-corrected chi connectivity index (χ4v) is 6.49. The van der Waals surface area contributed by atoms with Gasteiger partial charge in [0.05, 0.1) is 11.7 Å². The second-order valence-electron chi connectivity index (χ2n) is 13.1. The first kappa shape index (κ1) is 34.0. The first-order valence-corrected chi connectivity index (χ1v) is 15.5. The van der Waals surface area contributed by atoms with Gasteiger partial charge in [0.2, 0.25) is 5.91 Å². The van der Waals surface area contributed by atoms with Gasteiger partial charge < -0.3 is 10.4 Å². The zero-order valence-electron chi connectivity index (χ0n) is 26.6. The Morgan fingerprint density at radius 2 is 1.86 bits per heavy atom. The first-order valence-electron chi connectivity index (χ1n) is 15.5. The maximum Gasteiger partial charge on any atom is 0.435 e. The lowest BCUT2D eigenvalue weighted by molar-refractivity contribution is -0.142. The Hall–Kier alpha value is -5.50. The molecule has 4 aromatic heterocycles. The maximum atomic E-state index is 15.2. The summed E-state index contributed by atoms with van der Waals surface area (Å²) in [7, 11) is 0. The van der Waals surface area contributed by atoms with Crippen LogP contribution in [-0.4, -0.2) is 46.0 Å². The van der Waals surface area contributed by atoms with Crippen LogP contribution in [0.15, 0.2) is 53.5 Å². The number of nitrogens with one attached hydrogen (secondary N) is 2. The van der Waals surface area contributed by atoms with E-state index in [1.165, 1.54) is 42.6 Å². The molecule has 4 heterocycles. The highest BCUT2D eigenvalue weighted by Gasteiger charge is 2.68. The summed E-state index contributed by atoms with van der Waals surface area (Å²) < 4.78 is 102. The van der Waals surface area contributed by atoms with Gasteiger partial charge in [0, 0.05) is 34.9 Å². The monoisotopic (exact) mass is 713 g/mol. The third-order valence-corrected chi connectivity index (χ3v) is 8.67. The predicted octanol–water partition coefficient (Wildman–Crippen LogP) is 5.01. The number of aromatic nitrogens is 6. The number of carbonyl (C=O) groups excluding carboxylic acids is 1. The molecule has 1 amide bonds. The normalized spacial score (nSPS) is 18.2. The highest BCUT2D eigenvalue weighted by molar-refractivity contribution is 5.77. The van der Waals surface area contributed by atoms with Crippen LogP contribution in [0.3, 0.4) is 0 Å². The molecular weight excluding hydrogens is 687 g/mol. The molecule has 7 rings (SSSR count). The van der Waals surface area contributed by atoms with Crippen molar-refractivity contribution in [3.63, 3.8) is 0 Å². The molecular formula is C34H26F7N7O3. The second-order valence-corrected chi connectivity index (χ2v) is 13.1. The Morgan fingerprint density at radius 1 is 1.14 bits per heavy atom. The van der Waals surface area contributed by atoms with Crippen LogP contribution in [0.4, 0.5) is 30.7 Å². The van der Waals surface area contributed by atoms with Gasteiger partial charge >= 0.3 is 11.9 Å². The third kappa shape index (κ3) is 6.47. The number of pyridine rings is 2. The van der Waals surface area contributed by atoms with E-state index in [0.29, 0.717) is 16.3 Å². The Labute approximate surface area is 283 Å². The third-order valence-electron chi connectivity index (χ3n) is 8.67. The second kappa shape index (κ2) is 11.8. The summed E-state index contributed by atoms with van der Waals surface area (Å²) in [5.74, 6) is -3.62. The molecule has 5 aromatic rings. The summed E-state index contributed by atoms with van der Waals surface area (Å²) in [6.45, 7) is 1.81. The van der Waals surface area contributed by atoms with E-state index in [-0.39, 0.29) is 41.0 Å². The Bertz CT molecular complexity index is 2320. The molecule has 0 aliphatic heterocycles. The predicted molar refractivity (Wildman–Crippen MR) is 165 cm³/mol. The zero-order valence-corrected chi connectivity index (χ0v) is 26.6. The van der Waals surface area contributed by atoms with Gasteiger partial charge in [0.25, 0.3) is 5.92 Å². The minimum atomic E-state index is -5.05. The van der Waals surface area contributed by atoms with Crippen LogP contribution in [0.1, 0.15) is 66.1 Å². The minimum Gasteiger partial charge on any atom is -0.378 e. The molecule has 2 aliphatic rings. The van der Waals surface area contributed by atoms with E-state index < -0.39 is 82.3 Å². The van der Waals surface area contributed by atoms with Crippen molar-refractivity contribution in [1.29, 1.82) is 0 Å². The van der Waals surface area contributed by atoms with E-state index in [1.54, 1.807) is 6.07 Å². The van der Waals surface area contributed by atoms with Gasteiger partial charge in [-0.3, -0.25) is 9.48 Å². The Morgan fingerprint density at radius 3 is 2.55 bits per heavy atom. The molecule has 17 heteroatoms. The smallest absolute Gasteiger partial charge is 0.378 e. The Kier molecular flexibility index (Phi) is 7.86. The number of halogens is 7. The van der Waals surface area contributed by atoms with Gasteiger partial charge in [0.15, 0.2) is 11.3 Å². The number of carbonyl (C=O) groups is 1. The summed E-state index contributed by atoms with van der Waals surface area (Å²) in [5.41, 5.74) is -4.03. The van der Waals surface area contributed by atoms with Gasteiger partial charge in [-0.05, 0) is 80.5 Å². The summed E-state index contributed by atoms with van der Waals surface area (Å²) in [6.07, 6.45) is -4.11. The van der Waals surface area contributed by atoms with Gasteiger partial charge in [-0.1, -0.05) is 5.92 Å². The molecule has 3 unspecified atom stereocenters. The SMILES string of the molecule is CC(C)(O)C#Cc1ccc(-c2ccc3n[nH]c(=O)n3c2)c(C(Cc2cc(F)cc(F)c2)NC(=O)Cn2nc(C(F)(F)F)c3c2C(F)(F)C2CC32)n1. The summed E-state index contributed by atoms with van der Waals surface area (Å²) in [4.78, 5) is 30.6. The van der Waals surface area contributed by atoms with E-state index in [0.717, 1.165) is 12.1 Å². The molecule has 10 nitrogen and oxygen atoms in total. The van der Waals surface area contributed by atoms with Gasteiger partial charge in [0.1, 0.15) is 35.2 Å². The fraction of sp³-hybridized carbons (Fsp3) is 0.324. The van der Waals surface area contributed by atoms with Crippen LogP contribution in [-0.2, 0) is 29.9 Å². The van der Waals surface area contributed by atoms with Crippen molar-refractivity contribution in [2.24, 2.45) is 5.92 Å². The molecule has 0 spiro atoms. The number of fused-ring (bicyclic) bond motifs is 4. The van der Waals surface area contributed by atoms with Crippen molar-refractivity contribution < 1.29 is 40.6 Å². The number of amides is 1.